The molecular formula is C19H22N2O3. The van der Waals surface area contributed by atoms with Crippen molar-refractivity contribution < 1.29 is 14.3 Å². The topological polar surface area (TPSA) is 58.6 Å². The van der Waals surface area contributed by atoms with Crippen LogP contribution in [0.15, 0.2) is 54.6 Å². The second-order valence-corrected chi connectivity index (χ2v) is 5.72. The molecule has 5 nitrogen and oxygen atoms in total. The summed E-state index contributed by atoms with van der Waals surface area (Å²) in [6, 6.07) is 16.5. The first kappa shape index (κ1) is 17.5. The van der Waals surface area contributed by atoms with Gasteiger partial charge < -0.3 is 15.0 Å². The zero-order valence-corrected chi connectivity index (χ0v) is 14.2. The zero-order chi connectivity index (χ0) is 17.5. The number of anilines is 1. The van der Waals surface area contributed by atoms with Crippen LogP contribution in [0.4, 0.5) is 5.69 Å². The van der Waals surface area contributed by atoms with Gasteiger partial charge in [-0.1, -0.05) is 36.4 Å². The van der Waals surface area contributed by atoms with Crippen LogP contribution in [0.1, 0.15) is 28.9 Å². The minimum Gasteiger partial charge on any atom is -0.452 e. The number of carbonyl (C=O) groups is 2. The number of rotatable bonds is 6. The van der Waals surface area contributed by atoms with Gasteiger partial charge in [0.25, 0.3) is 5.91 Å². The number of esters is 1. The summed E-state index contributed by atoms with van der Waals surface area (Å²) in [5, 5.41) is 2.81. The van der Waals surface area contributed by atoms with Crippen LogP contribution in [0.2, 0.25) is 0 Å². The molecule has 0 saturated heterocycles. The van der Waals surface area contributed by atoms with Crippen LogP contribution in [0.3, 0.4) is 0 Å². The van der Waals surface area contributed by atoms with Gasteiger partial charge in [-0.25, -0.2) is 4.79 Å². The highest BCUT2D eigenvalue weighted by Crippen LogP contribution is 2.14. The Labute approximate surface area is 142 Å². The van der Waals surface area contributed by atoms with E-state index < -0.39 is 5.97 Å². The maximum absolute atomic E-state index is 12.1. The SMILES string of the molecule is C[C@H](NC(=O)COC(=O)c1cccc(N(C)C)c1)c1ccccc1. The lowest BCUT2D eigenvalue weighted by Crippen LogP contribution is -2.31. The maximum atomic E-state index is 12.1. The highest BCUT2D eigenvalue weighted by Gasteiger charge is 2.13. The molecule has 0 aliphatic carbocycles. The van der Waals surface area contributed by atoms with Crippen molar-refractivity contribution in [2.75, 3.05) is 25.6 Å². The monoisotopic (exact) mass is 326 g/mol. The number of nitrogens with zero attached hydrogens (tertiary/aromatic N) is 1. The van der Waals surface area contributed by atoms with Crippen LogP contribution < -0.4 is 10.2 Å². The van der Waals surface area contributed by atoms with Crippen LogP contribution in [-0.4, -0.2) is 32.6 Å². The smallest absolute Gasteiger partial charge is 0.338 e. The normalized spacial score (nSPS) is 11.5. The van der Waals surface area contributed by atoms with Gasteiger partial charge in [-0.05, 0) is 30.7 Å². The lowest BCUT2D eigenvalue weighted by molar-refractivity contribution is -0.124. The molecule has 0 spiro atoms. The molecule has 2 aromatic carbocycles. The number of amides is 1. The van der Waals surface area contributed by atoms with Crippen LogP contribution in [0.25, 0.3) is 0 Å². The average molecular weight is 326 g/mol. The third-order valence-electron chi connectivity index (χ3n) is 3.61. The first-order valence-electron chi connectivity index (χ1n) is 7.76. The zero-order valence-electron chi connectivity index (χ0n) is 14.2. The Morgan fingerprint density at radius 3 is 2.46 bits per heavy atom. The van der Waals surface area contributed by atoms with Gasteiger partial charge in [-0.15, -0.1) is 0 Å². The molecule has 0 unspecified atom stereocenters. The van der Waals surface area contributed by atoms with E-state index in [2.05, 4.69) is 5.32 Å². The Balaban J connectivity index is 1.87. The van der Waals surface area contributed by atoms with Gasteiger partial charge in [-0.3, -0.25) is 4.79 Å². The average Bonchev–Trinajstić information content (AvgIpc) is 2.60. The summed E-state index contributed by atoms with van der Waals surface area (Å²) in [4.78, 5) is 25.9. The van der Waals surface area contributed by atoms with Gasteiger partial charge in [0.05, 0.1) is 11.6 Å². The van der Waals surface area contributed by atoms with E-state index in [0.29, 0.717) is 5.56 Å². The van der Waals surface area contributed by atoms with E-state index in [9.17, 15) is 9.59 Å². The van der Waals surface area contributed by atoms with Crippen molar-refractivity contribution in [3.8, 4) is 0 Å². The van der Waals surface area contributed by atoms with E-state index in [1.165, 1.54) is 0 Å². The summed E-state index contributed by atoms with van der Waals surface area (Å²) in [5.41, 5.74) is 2.31. The van der Waals surface area contributed by atoms with Crippen molar-refractivity contribution in [2.45, 2.75) is 13.0 Å². The lowest BCUT2D eigenvalue weighted by Gasteiger charge is -2.15. The van der Waals surface area contributed by atoms with Crippen molar-refractivity contribution in [1.29, 1.82) is 0 Å². The number of benzene rings is 2. The molecule has 1 amide bonds. The molecule has 126 valence electrons. The third kappa shape index (κ3) is 4.84. The molecule has 1 N–H and O–H groups in total. The second-order valence-electron chi connectivity index (χ2n) is 5.72. The van der Waals surface area contributed by atoms with Crippen molar-refractivity contribution in [3.63, 3.8) is 0 Å². The van der Waals surface area contributed by atoms with Gasteiger partial charge in [-0.2, -0.15) is 0 Å². The molecule has 0 bridgehead atoms. The van der Waals surface area contributed by atoms with Gasteiger partial charge in [0.1, 0.15) is 0 Å². The van der Waals surface area contributed by atoms with E-state index in [4.69, 9.17) is 4.74 Å². The van der Waals surface area contributed by atoms with Crippen LogP contribution in [0, 0.1) is 0 Å². The summed E-state index contributed by atoms with van der Waals surface area (Å²) in [6.45, 7) is 1.58. The Morgan fingerprint density at radius 2 is 1.79 bits per heavy atom. The first-order valence-corrected chi connectivity index (χ1v) is 7.76. The van der Waals surface area contributed by atoms with Crippen molar-refractivity contribution in [3.05, 3.63) is 65.7 Å². The van der Waals surface area contributed by atoms with Gasteiger partial charge >= 0.3 is 5.97 Å². The highest BCUT2D eigenvalue weighted by molar-refractivity contribution is 5.92. The summed E-state index contributed by atoms with van der Waals surface area (Å²) in [7, 11) is 3.78. The van der Waals surface area contributed by atoms with Crippen molar-refractivity contribution in [1.82, 2.24) is 5.32 Å². The standard InChI is InChI=1S/C19H22N2O3/c1-14(15-8-5-4-6-9-15)20-18(22)13-24-19(23)16-10-7-11-17(12-16)21(2)3/h4-12,14H,13H2,1-3H3,(H,20,22)/t14-/m0/s1. The van der Waals surface area contributed by atoms with Crippen LogP contribution >= 0.6 is 0 Å². The summed E-state index contributed by atoms with van der Waals surface area (Å²) >= 11 is 0. The van der Waals surface area contributed by atoms with E-state index in [-0.39, 0.29) is 18.6 Å². The molecule has 0 aliphatic rings. The Hall–Kier alpha value is -2.82. The minimum atomic E-state index is -0.513. The molecule has 0 heterocycles. The first-order chi connectivity index (χ1) is 11.5. The molecule has 0 saturated carbocycles. The highest BCUT2D eigenvalue weighted by atomic mass is 16.5. The molecule has 0 aliphatic heterocycles. The Morgan fingerprint density at radius 1 is 1.08 bits per heavy atom. The lowest BCUT2D eigenvalue weighted by atomic mass is 10.1. The predicted octanol–water partition coefficient (Wildman–Crippen LogP) is 2.79. The van der Waals surface area contributed by atoms with E-state index >= 15 is 0 Å². The van der Waals surface area contributed by atoms with Crippen LogP contribution in [0.5, 0.6) is 0 Å². The van der Waals surface area contributed by atoms with E-state index in [1.54, 1.807) is 18.2 Å². The summed E-state index contributed by atoms with van der Waals surface area (Å²) in [5.74, 6) is -0.843. The summed E-state index contributed by atoms with van der Waals surface area (Å²) in [6.07, 6.45) is 0. The quantitative estimate of drug-likeness (QED) is 0.829. The Kier molecular flexibility index (Phi) is 5.95. The number of hydrogen-bond donors (Lipinski definition) is 1. The van der Waals surface area contributed by atoms with Gasteiger partial charge in [0.2, 0.25) is 0 Å². The van der Waals surface area contributed by atoms with Gasteiger partial charge in [0.15, 0.2) is 6.61 Å². The van der Waals surface area contributed by atoms with Crippen LogP contribution in [-0.2, 0) is 9.53 Å². The predicted molar refractivity (Wildman–Crippen MR) is 94.1 cm³/mol. The molecule has 0 fully saturated rings. The van der Waals surface area contributed by atoms with Crippen molar-refractivity contribution >= 4 is 17.6 Å². The molecule has 0 radical (unpaired) electrons. The molecule has 2 rings (SSSR count). The number of hydrogen-bond acceptors (Lipinski definition) is 4. The molecule has 24 heavy (non-hydrogen) atoms. The molecular weight excluding hydrogens is 304 g/mol. The fourth-order valence-electron chi connectivity index (χ4n) is 2.23. The molecule has 1 atom stereocenters. The Bertz CT molecular complexity index is 699. The number of carbonyl (C=O) groups excluding carboxylic acids is 2. The van der Waals surface area contributed by atoms with E-state index in [0.717, 1.165) is 11.3 Å². The van der Waals surface area contributed by atoms with Gasteiger partial charge in [0, 0.05) is 19.8 Å². The number of ether oxygens (including phenoxy) is 1. The largest absolute Gasteiger partial charge is 0.452 e. The molecule has 2 aromatic rings. The number of nitrogens with one attached hydrogen (secondary N) is 1. The minimum absolute atomic E-state index is 0.144. The second kappa shape index (κ2) is 8.15. The summed E-state index contributed by atoms with van der Waals surface area (Å²) < 4.78 is 5.09. The molecule has 0 aromatic heterocycles. The third-order valence-corrected chi connectivity index (χ3v) is 3.61. The fourth-order valence-corrected chi connectivity index (χ4v) is 2.23. The molecule has 5 heteroatoms. The maximum Gasteiger partial charge on any atom is 0.338 e. The van der Waals surface area contributed by atoms with Crippen molar-refractivity contribution in [2.24, 2.45) is 0 Å². The fraction of sp³-hybridized carbons (Fsp3) is 0.263. The van der Waals surface area contributed by atoms with E-state index in [1.807, 2.05) is 62.3 Å².